The van der Waals surface area contributed by atoms with Crippen molar-refractivity contribution in [2.45, 2.75) is 24.2 Å². The quantitative estimate of drug-likeness (QED) is 0.795. The van der Waals surface area contributed by atoms with Gasteiger partial charge in [-0.15, -0.1) is 0 Å². The van der Waals surface area contributed by atoms with Crippen LogP contribution in [0.2, 0.25) is 0 Å². The van der Waals surface area contributed by atoms with Gasteiger partial charge in [0, 0.05) is 18.7 Å². The molecule has 2 N–H and O–H groups in total. The fourth-order valence-electron chi connectivity index (χ4n) is 2.75. The molecule has 1 aliphatic rings. The fourth-order valence-corrected chi connectivity index (χ4v) is 3.89. The molecule has 142 valence electrons. The number of rotatable bonds is 6. The summed E-state index contributed by atoms with van der Waals surface area (Å²) in [5.41, 5.74) is 1.22. The molecule has 1 aliphatic heterocycles. The van der Waals surface area contributed by atoms with Crippen LogP contribution in [0.25, 0.3) is 0 Å². The van der Waals surface area contributed by atoms with Crippen LogP contribution in [0, 0.1) is 0 Å². The van der Waals surface area contributed by atoms with E-state index in [0.717, 1.165) is 12.0 Å². The molecule has 0 bridgehead atoms. The molecule has 0 atom stereocenters. The first-order valence-corrected chi connectivity index (χ1v) is 10.0. The lowest BCUT2D eigenvalue weighted by atomic mass is 10.1. The average Bonchev–Trinajstić information content (AvgIpc) is 3.14. The largest absolute Gasteiger partial charge is 0.497 e. The van der Waals surface area contributed by atoms with Crippen LogP contribution in [0.1, 0.15) is 18.4 Å². The summed E-state index contributed by atoms with van der Waals surface area (Å²) in [5, 5.41) is 2.73. The van der Waals surface area contributed by atoms with E-state index in [9.17, 15) is 13.2 Å². The number of carbonyl (C=O) groups excluding carboxylic acids is 1. The standard InChI is InChI=1S/C19H21N3O4S/c1-26-16-7-2-5-14(11-16)12-19(23)21-15-6-3-8-17(13-15)27(24,25)22-18-9-4-10-20-18/h2-3,5-8,11,13H,4,9-10,12H2,1H3,(H,20,22)(H,21,23). The minimum Gasteiger partial charge on any atom is -0.497 e. The number of carbonyl (C=O) groups is 1. The fraction of sp³-hybridized carbons (Fsp3) is 0.263. The van der Waals surface area contributed by atoms with Crippen LogP contribution >= 0.6 is 0 Å². The normalized spacial score (nSPS) is 13.7. The summed E-state index contributed by atoms with van der Waals surface area (Å²) in [4.78, 5) is 16.5. The second-order valence-corrected chi connectivity index (χ2v) is 7.82. The summed E-state index contributed by atoms with van der Waals surface area (Å²) < 4.78 is 32.6. The zero-order valence-electron chi connectivity index (χ0n) is 14.9. The zero-order valence-corrected chi connectivity index (χ0v) is 15.8. The molecule has 0 radical (unpaired) electrons. The third-order valence-electron chi connectivity index (χ3n) is 4.05. The Morgan fingerprint density at radius 3 is 2.74 bits per heavy atom. The van der Waals surface area contributed by atoms with E-state index < -0.39 is 10.0 Å². The Labute approximate surface area is 158 Å². The smallest absolute Gasteiger partial charge is 0.262 e. The molecule has 1 heterocycles. The lowest BCUT2D eigenvalue weighted by Crippen LogP contribution is -2.29. The van der Waals surface area contributed by atoms with Crippen molar-refractivity contribution < 1.29 is 17.9 Å². The second-order valence-electron chi connectivity index (χ2n) is 6.14. The Kier molecular flexibility index (Phi) is 5.75. The number of ether oxygens (including phenoxy) is 1. The Morgan fingerprint density at radius 1 is 1.19 bits per heavy atom. The Hall–Kier alpha value is -2.87. The van der Waals surface area contributed by atoms with Gasteiger partial charge < -0.3 is 10.1 Å². The van der Waals surface area contributed by atoms with Crippen molar-refractivity contribution in [1.29, 1.82) is 0 Å². The van der Waals surface area contributed by atoms with E-state index in [1.807, 2.05) is 12.1 Å². The van der Waals surface area contributed by atoms with Crippen molar-refractivity contribution in [1.82, 2.24) is 4.72 Å². The number of hydrogen-bond acceptors (Lipinski definition) is 5. The van der Waals surface area contributed by atoms with Crippen LogP contribution in [0.5, 0.6) is 5.75 Å². The van der Waals surface area contributed by atoms with E-state index in [0.29, 0.717) is 30.2 Å². The number of amides is 1. The first-order valence-electron chi connectivity index (χ1n) is 8.55. The molecule has 0 saturated heterocycles. The van der Waals surface area contributed by atoms with E-state index in [-0.39, 0.29) is 17.2 Å². The Balaban J connectivity index is 1.68. The van der Waals surface area contributed by atoms with Crippen LogP contribution in [0.15, 0.2) is 58.4 Å². The van der Waals surface area contributed by atoms with Crippen LogP contribution in [0.4, 0.5) is 5.69 Å². The summed E-state index contributed by atoms with van der Waals surface area (Å²) in [6, 6.07) is 13.4. The molecular weight excluding hydrogens is 366 g/mol. The minimum atomic E-state index is -3.72. The van der Waals surface area contributed by atoms with Gasteiger partial charge in [0.25, 0.3) is 10.0 Å². The predicted molar refractivity (Wildman–Crippen MR) is 104 cm³/mol. The number of methoxy groups -OCH3 is 1. The molecule has 2 aromatic rings. The number of benzene rings is 2. The number of hydrogen-bond donors (Lipinski definition) is 2. The van der Waals surface area contributed by atoms with E-state index in [2.05, 4.69) is 15.0 Å². The predicted octanol–water partition coefficient (Wildman–Crippen LogP) is 2.35. The van der Waals surface area contributed by atoms with Gasteiger partial charge in [0.15, 0.2) is 0 Å². The van der Waals surface area contributed by atoms with Crippen molar-refractivity contribution in [2.24, 2.45) is 4.99 Å². The maximum atomic E-state index is 12.5. The Morgan fingerprint density at radius 2 is 2.00 bits per heavy atom. The molecule has 0 saturated carbocycles. The van der Waals surface area contributed by atoms with Gasteiger partial charge in [-0.1, -0.05) is 18.2 Å². The summed E-state index contributed by atoms with van der Waals surface area (Å²) in [5.74, 6) is 0.905. The van der Waals surface area contributed by atoms with E-state index in [1.54, 1.807) is 31.4 Å². The van der Waals surface area contributed by atoms with E-state index >= 15 is 0 Å². The molecule has 3 rings (SSSR count). The van der Waals surface area contributed by atoms with Crippen molar-refractivity contribution in [2.75, 3.05) is 19.0 Å². The van der Waals surface area contributed by atoms with Gasteiger partial charge in [-0.3, -0.25) is 14.5 Å². The highest BCUT2D eigenvalue weighted by Crippen LogP contribution is 2.18. The molecule has 27 heavy (non-hydrogen) atoms. The van der Waals surface area contributed by atoms with Gasteiger partial charge in [0.1, 0.15) is 11.6 Å². The first kappa shape index (κ1) is 18.9. The van der Waals surface area contributed by atoms with Gasteiger partial charge in [-0.2, -0.15) is 0 Å². The maximum Gasteiger partial charge on any atom is 0.262 e. The molecule has 7 nitrogen and oxygen atoms in total. The highest BCUT2D eigenvalue weighted by Gasteiger charge is 2.18. The van der Waals surface area contributed by atoms with Gasteiger partial charge >= 0.3 is 0 Å². The number of nitrogens with zero attached hydrogens (tertiary/aromatic N) is 1. The number of sulfonamides is 1. The van der Waals surface area contributed by atoms with Crippen LogP contribution in [0.3, 0.4) is 0 Å². The molecule has 0 fully saturated rings. The summed E-state index contributed by atoms with van der Waals surface area (Å²) in [6.07, 6.45) is 1.62. The topological polar surface area (TPSA) is 96.9 Å². The van der Waals surface area contributed by atoms with Gasteiger partial charge in [0.2, 0.25) is 5.91 Å². The third kappa shape index (κ3) is 5.07. The van der Waals surface area contributed by atoms with Crippen LogP contribution in [-0.2, 0) is 21.2 Å². The lowest BCUT2D eigenvalue weighted by molar-refractivity contribution is -0.115. The number of anilines is 1. The number of amidine groups is 1. The average molecular weight is 387 g/mol. The summed E-state index contributed by atoms with van der Waals surface area (Å²) >= 11 is 0. The molecule has 0 spiro atoms. The minimum absolute atomic E-state index is 0.0799. The first-order chi connectivity index (χ1) is 13.0. The molecule has 0 unspecified atom stereocenters. The molecule has 2 aromatic carbocycles. The van der Waals surface area contributed by atoms with Crippen molar-refractivity contribution in [3.8, 4) is 5.75 Å². The molecule has 0 aromatic heterocycles. The second kappa shape index (κ2) is 8.22. The lowest BCUT2D eigenvalue weighted by Gasteiger charge is -2.10. The molecular formula is C19H21N3O4S. The molecule has 8 heteroatoms. The SMILES string of the molecule is COc1cccc(CC(=O)Nc2cccc(S(=O)(=O)NC3=NCCC3)c2)c1. The van der Waals surface area contributed by atoms with Gasteiger partial charge in [-0.25, -0.2) is 8.42 Å². The maximum absolute atomic E-state index is 12.5. The summed E-state index contributed by atoms with van der Waals surface area (Å²) in [6.45, 7) is 0.637. The highest BCUT2D eigenvalue weighted by molar-refractivity contribution is 7.90. The number of nitrogens with one attached hydrogen (secondary N) is 2. The Bertz CT molecular complexity index is 970. The summed E-state index contributed by atoms with van der Waals surface area (Å²) in [7, 11) is -2.15. The zero-order chi connectivity index (χ0) is 19.3. The monoisotopic (exact) mass is 387 g/mol. The molecule has 1 amide bonds. The third-order valence-corrected chi connectivity index (χ3v) is 5.43. The van der Waals surface area contributed by atoms with Crippen LogP contribution < -0.4 is 14.8 Å². The highest BCUT2D eigenvalue weighted by atomic mass is 32.2. The molecule has 0 aliphatic carbocycles. The van der Waals surface area contributed by atoms with Gasteiger partial charge in [-0.05, 0) is 42.3 Å². The number of aliphatic imine (C=N–C) groups is 1. The van der Waals surface area contributed by atoms with E-state index in [4.69, 9.17) is 4.74 Å². The van der Waals surface area contributed by atoms with Crippen molar-refractivity contribution >= 4 is 27.5 Å². The van der Waals surface area contributed by atoms with Gasteiger partial charge in [0.05, 0.1) is 18.4 Å². The van der Waals surface area contributed by atoms with Crippen molar-refractivity contribution in [3.05, 3.63) is 54.1 Å². The van der Waals surface area contributed by atoms with Crippen molar-refractivity contribution in [3.63, 3.8) is 0 Å². The van der Waals surface area contributed by atoms with E-state index in [1.165, 1.54) is 12.1 Å². The van der Waals surface area contributed by atoms with Crippen LogP contribution in [-0.4, -0.2) is 33.8 Å².